The molecule has 116 valence electrons. The molecule has 0 saturated carbocycles. The molecule has 0 spiro atoms. The average Bonchev–Trinajstić information content (AvgIpc) is 2.53. The van der Waals surface area contributed by atoms with Crippen LogP contribution in [0.4, 0.5) is 0 Å². The second-order valence-corrected chi connectivity index (χ2v) is 6.41. The van der Waals surface area contributed by atoms with Crippen LogP contribution in [0.3, 0.4) is 0 Å². The molecule has 1 fully saturated rings. The molecular weight excluding hydrogens is 260 g/mol. The van der Waals surface area contributed by atoms with Crippen molar-refractivity contribution in [3.05, 3.63) is 35.9 Å². The van der Waals surface area contributed by atoms with E-state index in [-0.39, 0.29) is 0 Å². The van der Waals surface area contributed by atoms with E-state index >= 15 is 0 Å². The van der Waals surface area contributed by atoms with Crippen LogP contribution in [0, 0.1) is 5.92 Å². The van der Waals surface area contributed by atoms with Crippen LogP contribution in [0.25, 0.3) is 0 Å². The summed E-state index contributed by atoms with van der Waals surface area (Å²) in [5.74, 6) is 1.11. The van der Waals surface area contributed by atoms with Crippen molar-refractivity contribution in [2.45, 2.75) is 45.1 Å². The van der Waals surface area contributed by atoms with Crippen LogP contribution in [0.15, 0.2) is 30.3 Å². The number of hydrogen-bond acceptors (Lipinski definition) is 2. The van der Waals surface area contributed by atoms with E-state index in [9.17, 15) is 4.79 Å². The number of carbonyl (C=O) groups is 1. The fraction of sp³-hybridized carbons (Fsp3) is 0.611. The predicted octanol–water partition coefficient (Wildman–Crippen LogP) is 3.03. The van der Waals surface area contributed by atoms with Crippen LogP contribution in [-0.2, 0) is 4.79 Å². The summed E-state index contributed by atoms with van der Waals surface area (Å²) < 4.78 is 0. The van der Waals surface area contributed by atoms with Crippen molar-refractivity contribution < 1.29 is 4.79 Å². The number of benzene rings is 1. The van der Waals surface area contributed by atoms with Crippen molar-refractivity contribution in [1.82, 2.24) is 10.2 Å². The van der Waals surface area contributed by atoms with E-state index < -0.39 is 0 Å². The number of rotatable bonds is 5. The van der Waals surface area contributed by atoms with Crippen molar-refractivity contribution in [3.63, 3.8) is 0 Å². The number of likely N-dealkylation sites (tertiary alicyclic amines) is 1. The number of hydrogen-bond donors (Lipinski definition) is 1. The molecule has 3 heteroatoms. The molecule has 1 aromatic rings. The second kappa shape index (κ2) is 7.60. The molecule has 21 heavy (non-hydrogen) atoms. The minimum Gasteiger partial charge on any atom is -0.343 e. The topological polar surface area (TPSA) is 32.3 Å². The van der Waals surface area contributed by atoms with Gasteiger partial charge in [0.25, 0.3) is 0 Å². The lowest BCUT2D eigenvalue weighted by Crippen LogP contribution is -2.44. The fourth-order valence-electron chi connectivity index (χ4n) is 3.17. The Kier molecular flexibility index (Phi) is 5.80. The van der Waals surface area contributed by atoms with Gasteiger partial charge in [-0.15, -0.1) is 0 Å². The largest absolute Gasteiger partial charge is 0.343 e. The van der Waals surface area contributed by atoms with E-state index in [1.54, 1.807) is 0 Å². The summed E-state index contributed by atoms with van der Waals surface area (Å²) >= 11 is 0. The summed E-state index contributed by atoms with van der Waals surface area (Å²) in [6.45, 7) is 6.20. The quantitative estimate of drug-likeness (QED) is 0.903. The molecule has 0 aromatic heterocycles. The molecule has 1 N–H and O–H groups in total. The molecule has 1 heterocycles. The van der Waals surface area contributed by atoms with Crippen LogP contribution in [0.5, 0.6) is 0 Å². The van der Waals surface area contributed by atoms with Crippen molar-refractivity contribution >= 4 is 5.91 Å². The summed E-state index contributed by atoms with van der Waals surface area (Å²) in [6, 6.07) is 11.0. The molecule has 1 atom stereocenters. The first-order valence-electron chi connectivity index (χ1n) is 8.11. The molecular formula is C18H28N2O. The summed E-state index contributed by atoms with van der Waals surface area (Å²) in [6.07, 6.45) is 2.77. The van der Waals surface area contributed by atoms with Gasteiger partial charge in [-0.05, 0) is 37.3 Å². The van der Waals surface area contributed by atoms with Gasteiger partial charge in [-0.1, -0.05) is 44.2 Å². The zero-order valence-electron chi connectivity index (χ0n) is 13.5. The van der Waals surface area contributed by atoms with Crippen molar-refractivity contribution in [3.8, 4) is 0 Å². The average molecular weight is 288 g/mol. The lowest BCUT2D eigenvalue weighted by Gasteiger charge is -2.33. The van der Waals surface area contributed by atoms with Gasteiger partial charge in [0.2, 0.25) is 5.91 Å². The third-order valence-electron chi connectivity index (χ3n) is 4.68. The van der Waals surface area contributed by atoms with Gasteiger partial charge in [0.05, 0.1) is 0 Å². The predicted molar refractivity (Wildman–Crippen MR) is 87.3 cm³/mol. The normalized spacial score (nSPS) is 18.0. The minimum absolute atomic E-state index is 0.312. The Morgan fingerprint density at radius 2 is 1.86 bits per heavy atom. The molecule has 1 aliphatic rings. The molecule has 2 rings (SSSR count). The van der Waals surface area contributed by atoms with Crippen LogP contribution in [0.2, 0.25) is 0 Å². The number of carbonyl (C=O) groups excluding carboxylic acids is 1. The Balaban J connectivity index is 1.96. The Morgan fingerprint density at radius 3 is 2.38 bits per heavy atom. The van der Waals surface area contributed by atoms with Crippen molar-refractivity contribution in [2.24, 2.45) is 5.92 Å². The van der Waals surface area contributed by atoms with E-state index in [1.807, 2.05) is 18.0 Å². The smallest absolute Gasteiger partial charge is 0.223 e. The molecule has 0 aliphatic carbocycles. The van der Waals surface area contributed by atoms with E-state index in [1.165, 1.54) is 5.56 Å². The van der Waals surface area contributed by atoms with Gasteiger partial charge in [-0.25, -0.2) is 0 Å². The van der Waals surface area contributed by atoms with Crippen LogP contribution in [0.1, 0.15) is 44.6 Å². The standard InChI is InChI=1S/C18H28N2O/c1-14(2)17(15-7-5-4-6-8-15)13-18(21)20-11-9-16(19-3)10-12-20/h4-8,14,16-17,19H,9-13H2,1-3H3. The van der Waals surface area contributed by atoms with E-state index in [2.05, 4.69) is 43.4 Å². The molecule has 1 amide bonds. The van der Waals surface area contributed by atoms with Gasteiger partial charge in [0.1, 0.15) is 0 Å². The highest BCUT2D eigenvalue weighted by Crippen LogP contribution is 2.29. The third kappa shape index (κ3) is 4.31. The maximum absolute atomic E-state index is 12.6. The molecule has 1 aromatic carbocycles. The number of piperidine rings is 1. The first kappa shape index (κ1) is 16.0. The van der Waals surface area contributed by atoms with Gasteiger partial charge in [-0.2, -0.15) is 0 Å². The zero-order valence-corrected chi connectivity index (χ0v) is 13.5. The maximum Gasteiger partial charge on any atom is 0.223 e. The van der Waals surface area contributed by atoms with Gasteiger partial charge in [-0.3, -0.25) is 4.79 Å². The SMILES string of the molecule is CNC1CCN(C(=O)CC(c2ccccc2)C(C)C)CC1. The molecule has 3 nitrogen and oxygen atoms in total. The zero-order chi connectivity index (χ0) is 15.2. The Hall–Kier alpha value is -1.35. The summed E-state index contributed by atoms with van der Waals surface area (Å²) in [5.41, 5.74) is 1.28. The van der Waals surface area contributed by atoms with Crippen LogP contribution < -0.4 is 5.32 Å². The summed E-state index contributed by atoms with van der Waals surface area (Å²) in [5, 5.41) is 3.31. The van der Waals surface area contributed by atoms with E-state index in [0.717, 1.165) is 25.9 Å². The van der Waals surface area contributed by atoms with Crippen LogP contribution in [-0.4, -0.2) is 37.0 Å². The van der Waals surface area contributed by atoms with E-state index in [4.69, 9.17) is 0 Å². The third-order valence-corrected chi connectivity index (χ3v) is 4.68. The molecule has 0 bridgehead atoms. The monoisotopic (exact) mass is 288 g/mol. The molecule has 1 unspecified atom stereocenters. The second-order valence-electron chi connectivity index (χ2n) is 6.41. The van der Waals surface area contributed by atoms with Gasteiger partial charge in [0, 0.05) is 25.6 Å². The molecule has 1 aliphatic heterocycles. The van der Waals surface area contributed by atoms with Crippen molar-refractivity contribution in [2.75, 3.05) is 20.1 Å². The minimum atomic E-state index is 0.312. The summed E-state index contributed by atoms with van der Waals surface area (Å²) in [4.78, 5) is 14.6. The maximum atomic E-state index is 12.6. The molecule has 1 saturated heterocycles. The lowest BCUT2D eigenvalue weighted by atomic mass is 9.85. The van der Waals surface area contributed by atoms with Crippen molar-refractivity contribution in [1.29, 1.82) is 0 Å². The molecule has 0 radical (unpaired) electrons. The highest BCUT2D eigenvalue weighted by Gasteiger charge is 2.25. The Morgan fingerprint density at radius 1 is 1.24 bits per heavy atom. The van der Waals surface area contributed by atoms with Gasteiger partial charge < -0.3 is 10.2 Å². The number of nitrogens with one attached hydrogen (secondary N) is 1. The highest BCUT2D eigenvalue weighted by molar-refractivity contribution is 5.77. The Labute approximate surface area is 128 Å². The lowest BCUT2D eigenvalue weighted by molar-refractivity contribution is -0.133. The Bertz CT molecular complexity index is 436. The van der Waals surface area contributed by atoms with Crippen LogP contribution >= 0.6 is 0 Å². The van der Waals surface area contributed by atoms with E-state index in [0.29, 0.717) is 30.2 Å². The number of nitrogens with zero attached hydrogens (tertiary/aromatic N) is 1. The van der Waals surface area contributed by atoms with Gasteiger partial charge >= 0.3 is 0 Å². The fourth-order valence-corrected chi connectivity index (χ4v) is 3.17. The first-order chi connectivity index (χ1) is 10.1. The highest BCUT2D eigenvalue weighted by atomic mass is 16.2. The first-order valence-corrected chi connectivity index (χ1v) is 8.11. The van der Waals surface area contributed by atoms with Gasteiger partial charge in [0.15, 0.2) is 0 Å². The number of amides is 1. The summed E-state index contributed by atoms with van der Waals surface area (Å²) in [7, 11) is 2.01.